The van der Waals surface area contributed by atoms with Gasteiger partial charge in [0.05, 0.1) is 11.0 Å². The summed E-state index contributed by atoms with van der Waals surface area (Å²) in [5.74, 6) is 1.02. The summed E-state index contributed by atoms with van der Waals surface area (Å²) in [6.45, 7) is 2.91. The fourth-order valence-electron chi connectivity index (χ4n) is 2.45. The minimum absolute atomic E-state index is 0.188. The van der Waals surface area contributed by atoms with Gasteiger partial charge in [0.1, 0.15) is 18.5 Å². The van der Waals surface area contributed by atoms with Crippen LogP contribution < -0.4 is 10.1 Å². The quantitative estimate of drug-likeness (QED) is 0.782. The van der Waals surface area contributed by atoms with E-state index in [0.717, 1.165) is 17.7 Å². The van der Waals surface area contributed by atoms with E-state index in [-0.39, 0.29) is 11.9 Å². The Hall–Kier alpha value is -1.11. The van der Waals surface area contributed by atoms with Gasteiger partial charge in [-0.1, -0.05) is 12.1 Å². The molecule has 118 valence electrons. The van der Waals surface area contributed by atoms with Crippen LogP contribution in [0.5, 0.6) is 5.75 Å². The molecule has 1 aromatic rings. The molecule has 0 spiro atoms. The largest absolute Gasteiger partial charge is 0.491 e. The monoisotopic (exact) mass is 313 g/mol. The van der Waals surface area contributed by atoms with Gasteiger partial charge in [-0.3, -0.25) is 0 Å². The lowest BCUT2D eigenvalue weighted by atomic mass is 10.2. The summed E-state index contributed by atoms with van der Waals surface area (Å²) in [6, 6.07) is 7.64. The Bertz CT molecular complexity index is 559. The maximum Gasteiger partial charge on any atom is 0.154 e. The fourth-order valence-corrected chi connectivity index (χ4v) is 4.25. The van der Waals surface area contributed by atoms with Crippen LogP contribution in [-0.2, 0) is 9.84 Å². The number of sulfone groups is 1. The van der Waals surface area contributed by atoms with Gasteiger partial charge in [0, 0.05) is 13.1 Å². The number of benzene rings is 1. The predicted molar refractivity (Wildman–Crippen MR) is 82.4 cm³/mol. The van der Waals surface area contributed by atoms with Crippen molar-refractivity contribution in [2.75, 3.05) is 25.4 Å². The summed E-state index contributed by atoms with van der Waals surface area (Å²) in [6.07, 6.45) is 0.800. The van der Waals surface area contributed by atoms with Crippen molar-refractivity contribution in [3.8, 4) is 5.75 Å². The highest BCUT2D eigenvalue weighted by Crippen LogP contribution is 2.19. The molecule has 0 bridgehead atoms. The molecule has 2 N–H and O–H groups in total. The zero-order chi connectivity index (χ0) is 15.3. The van der Waals surface area contributed by atoms with Crippen LogP contribution in [0.2, 0.25) is 0 Å². The molecule has 0 aliphatic carbocycles. The zero-order valence-electron chi connectivity index (χ0n) is 12.3. The molecule has 1 aliphatic rings. The van der Waals surface area contributed by atoms with Gasteiger partial charge in [0.15, 0.2) is 9.84 Å². The molecular weight excluding hydrogens is 290 g/mol. The van der Waals surface area contributed by atoms with E-state index in [1.54, 1.807) is 0 Å². The van der Waals surface area contributed by atoms with Crippen molar-refractivity contribution in [1.82, 2.24) is 5.32 Å². The first-order chi connectivity index (χ1) is 9.97. The van der Waals surface area contributed by atoms with Gasteiger partial charge in [-0.05, 0) is 37.5 Å². The van der Waals surface area contributed by atoms with Crippen LogP contribution in [-0.4, -0.2) is 50.3 Å². The maximum atomic E-state index is 11.7. The number of aryl methyl sites for hydroxylation is 1. The van der Waals surface area contributed by atoms with Crippen molar-refractivity contribution in [3.63, 3.8) is 0 Å². The number of aliphatic hydroxyl groups is 1. The van der Waals surface area contributed by atoms with Crippen molar-refractivity contribution in [2.24, 2.45) is 0 Å². The summed E-state index contributed by atoms with van der Waals surface area (Å²) >= 11 is 0. The summed E-state index contributed by atoms with van der Waals surface area (Å²) in [7, 11) is -2.92. The lowest BCUT2D eigenvalue weighted by Gasteiger charge is -2.15. The number of nitrogens with one attached hydrogen (secondary N) is 1. The molecule has 1 aromatic carbocycles. The van der Waals surface area contributed by atoms with Crippen molar-refractivity contribution < 1.29 is 18.3 Å². The highest BCUT2D eigenvalue weighted by atomic mass is 32.2. The van der Waals surface area contributed by atoms with Crippen LogP contribution in [0.3, 0.4) is 0 Å². The minimum Gasteiger partial charge on any atom is -0.491 e. The SMILES string of the molecule is Cc1cccc(OCC(O)CNCC2CCCS2(=O)=O)c1. The van der Waals surface area contributed by atoms with Crippen molar-refractivity contribution in [3.05, 3.63) is 29.8 Å². The normalized spacial score (nSPS) is 22.1. The fraction of sp³-hybridized carbons (Fsp3) is 0.600. The number of rotatable bonds is 7. The van der Waals surface area contributed by atoms with Crippen LogP contribution in [0, 0.1) is 6.92 Å². The third-order valence-electron chi connectivity index (χ3n) is 3.65. The Kier molecular flexibility index (Phi) is 5.61. The van der Waals surface area contributed by atoms with Gasteiger partial charge in [0.2, 0.25) is 0 Å². The van der Waals surface area contributed by atoms with E-state index in [1.165, 1.54) is 0 Å². The topological polar surface area (TPSA) is 75.6 Å². The Morgan fingerprint density at radius 1 is 1.48 bits per heavy atom. The zero-order valence-corrected chi connectivity index (χ0v) is 13.1. The van der Waals surface area contributed by atoms with Crippen LogP contribution in [0.15, 0.2) is 24.3 Å². The third kappa shape index (κ3) is 4.98. The van der Waals surface area contributed by atoms with Crippen molar-refractivity contribution in [2.45, 2.75) is 31.1 Å². The Labute approximate surface area is 126 Å². The second-order valence-electron chi connectivity index (χ2n) is 5.57. The third-order valence-corrected chi connectivity index (χ3v) is 5.92. The number of hydrogen-bond donors (Lipinski definition) is 2. The summed E-state index contributed by atoms with van der Waals surface area (Å²) in [5.41, 5.74) is 1.10. The molecular formula is C15H23NO4S. The molecule has 1 aliphatic heterocycles. The Balaban J connectivity index is 1.67. The van der Waals surface area contributed by atoms with Gasteiger partial charge >= 0.3 is 0 Å². The van der Waals surface area contributed by atoms with E-state index in [1.807, 2.05) is 31.2 Å². The lowest BCUT2D eigenvalue weighted by Crippen LogP contribution is -2.37. The van der Waals surface area contributed by atoms with E-state index >= 15 is 0 Å². The van der Waals surface area contributed by atoms with Crippen molar-refractivity contribution in [1.29, 1.82) is 0 Å². The molecule has 2 rings (SSSR count). The smallest absolute Gasteiger partial charge is 0.154 e. The van der Waals surface area contributed by atoms with Gasteiger partial charge in [-0.25, -0.2) is 8.42 Å². The van der Waals surface area contributed by atoms with E-state index in [4.69, 9.17) is 4.74 Å². The number of ether oxygens (including phenoxy) is 1. The van der Waals surface area contributed by atoms with Gasteiger partial charge in [0.25, 0.3) is 0 Å². The average Bonchev–Trinajstić information content (AvgIpc) is 2.76. The predicted octanol–water partition coefficient (Wildman–Crippen LogP) is 0.902. The molecule has 2 atom stereocenters. The molecule has 6 heteroatoms. The highest BCUT2D eigenvalue weighted by Gasteiger charge is 2.30. The Morgan fingerprint density at radius 3 is 2.95 bits per heavy atom. The van der Waals surface area contributed by atoms with E-state index < -0.39 is 15.9 Å². The number of hydrogen-bond acceptors (Lipinski definition) is 5. The molecule has 5 nitrogen and oxygen atoms in total. The molecule has 0 saturated carbocycles. The number of aliphatic hydroxyl groups excluding tert-OH is 1. The van der Waals surface area contributed by atoms with Crippen LogP contribution >= 0.6 is 0 Å². The molecule has 1 heterocycles. The molecule has 21 heavy (non-hydrogen) atoms. The highest BCUT2D eigenvalue weighted by molar-refractivity contribution is 7.92. The first-order valence-corrected chi connectivity index (χ1v) is 8.99. The summed E-state index contributed by atoms with van der Waals surface area (Å²) in [5, 5.41) is 12.6. The summed E-state index contributed by atoms with van der Waals surface area (Å²) < 4.78 is 28.8. The van der Waals surface area contributed by atoms with Gasteiger partial charge < -0.3 is 15.2 Å². The lowest BCUT2D eigenvalue weighted by molar-refractivity contribution is 0.106. The minimum atomic E-state index is -2.92. The van der Waals surface area contributed by atoms with Crippen LogP contribution in [0.4, 0.5) is 0 Å². The maximum absolute atomic E-state index is 11.7. The molecule has 0 amide bonds. The van der Waals surface area contributed by atoms with E-state index in [9.17, 15) is 13.5 Å². The van der Waals surface area contributed by atoms with E-state index in [0.29, 0.717) is 25.3 Å². The van der Waals surface area contributed by atoms with Crippen LogP contribution in [0.1, 0.15) is 18.4 Å². The average molecular weight is 313 g/mol. The second kappa shape index (κ2) is 7.24. The standard InChI is InChI=1S/C15H23NO4S/c1-12-4-2-5-14(8-12)20-11-13(17)9-16-10-15-6-3-7-21(15,18)19/h2,4-5,8,13,15-17H,3,6-7,9-11H2,1H3. The summed E-state index contributed by atoms with van der Waals surface area (Å²) in [4.78, 5) is 0. The molecule has 0 aromatic heterocycles. The first kappa shape index (κ1) is 16.3. The van der Waals surface area contributed by atoms with Gasteiger partial charge in [-0.2, -0.15) is 0 Å². The Morgan fingerprint density at radius 2 is 2.29 bits per heavy atom. The van der Waals surface area contributed by atoms with Gasteiger partial charge in [-0.15, -0.1) is 0 Å². The molecule has 0 radical (unpaired) electrons. The van der Waals surface area contributed by atoms with E-state index in [2.05, 4.69) is 5.32 Å². The molecule has 1 saturated heterocycles. The first-order valence-electron chi connectivity index (χ1n) is 7.27. The van der Waals surface area contributed by atoms with Crippen LogP contribution in [0.25, 0.3) is 0 Å². The molecule has 2 unspecified atom stereocenters. The van der Waals surface area contributed by atoms with Crippen molar-refractivity contribution >= 4 is 9.84 Å². The second-order valence-corrected chi connectivity index (χ2v) is 7.97. The molecule has 1 fully saturated rings.